The quantitative estimate of drug-likeness (QED) is 0.944. The van der Waals surface area contributed by atoms with Crippen molar-refractivity contribution in [1.29, 1.82) is 0 Å². The van der Waals surface area contributed by atoms with Crippen LogP contribution >= 0.6 is 0 Å². The van der Waals surface area contributed by atoms with Gasteiger partial charge in [0.25, 0.3) is 0 Å². The molecular weight excluding hydrogens is 281 g/mol. The molecule has 2 heterocycles. The highest BCUT2D eigenvalue weighted by Gasteiger charge is 2.30. The Morgan fingerprint density at radius 1 is 1.40 bits per heavy atom. The van der Waals surface area contributed by atoms with Crippen LogP contribution in [0.15, 0.2) is 28.7 Å². The predicted octanol–water partition coefficient (Wildman–Crippen LogP) is 2.40. The molecule has 0 bridgehead atoms. The summed E-state index contributed by atoms with van der Waals surface area (Å²) in [6.07, 6.45) is 1.23. The van der Waals surface area contributed by atoms with Crippen molar-refractivity contribution in [3.63, 3.8) is 0 Å². The maximum absolute atomic E-state index is 13.1. The molecule has 3 rings (SSSR count). The van der Waals surface area contributed by atoms with Crippen LogP contribution in [0, 0.1) is 11.7 Å². The van der Waals surface area contributed by atoms with Crippen molar-refractivity contribution >= 4 is 20.8 Å². The Hall–Kier alpha value is -1.40. The van der Waals surface area contributed by atoms with Crippen molar-refractivity contribution < 1.29 is 17.2 Å². The lowest BCUT2D eigenvalue weighted by Gasteiger charge is -2.12. The molecule has 4 nitrogen and oxygen atoms in total. The Bertz CT molecular complexity index is 738. The first kappa shape index (κ1) is 13.6. The summed E-state index contributed by atoms with van der Waals surface area (Å²) in [5.74, 6) is 0.792. The molecule has 2 atom stereocenters. The summed E-state index contributed by atoms with van der Waals surface area (Å²) in [4.78, 5) is 0. The largest absolute Gasteiger partial charge is 0.459 e. The van der Waals surface area contributed by atoms with Gasteiger partial charge in [-0.15, -0.1) is 0 Å². The molecule has 1 aliphatic rings. The van der Waals surface area contributed by atoms with Crippen LogP contribution in [0.4, 0.5) is 4.39 Å². The van der Waals surface area contributed by atoms with Gasteiger partial charge in [0.1, 0.15) is 17.2 Å². The monoisotopic (exact) mass is 297 g/mol. The predicted molar refractivity (Wildman–Crippen MR) is 74.5 cm³/mol. The van der Waals surface area contributed by atoms with Crippen molar-refractivity contribution in [2.45, 2.75) is 18.9 Å². The van der Waals surface area contributed by atoms with E-state index in [0.29, 0.717) is 29.6 Å². The number of nitrogens with two attached hydrogens (primary N) is 1. The van der Waals surface area contributed by atoms with Gasteiger partial charge in [0, 0.05) is 5.39 Å². The van der Waals surface area contributed by atoms with Crippen molar-refractivity contribution in [2.24, 2.45) is 11.7 Å². The summed E-state index contributed by atoms with van der Waals surface area (Å²) in [7, 11) is -2.89. The molecule has 2 aromatic rings. The van der Waals surface area contributed by atoms with Crippen LogP contribution in [-0.2, 0) is 9.84 Å². The first-order valence-electron chi connectivity index (χ1n) is 6.58. The lowest BCUT2D eigenvalue weighted by Crippen LogP contribution is -2.15. The third-order valence-corrected chi connectivity index (χ3v) is 5.61. The molecule has 1 aromatic heterocycles. The summed E-state index contributed by atoms with van der Waals surface area (Å²) in [5, 5.41) is 0.675. The molecule has 1 fully saturated rings. The molecule has 20 heavy (non-hydrogen) atoms. The Morgan fingerprint density at radius 2 is 2.20 bits per heavy atom. The van der Waals surface area contributed by atoms with Crippen LogP contribution in [0.1, 0.15) is 24.6 Å². The molecule has 1 saturated heterocycles. The Kier molecular flexibility index (Phi) is 3.30. The van der Waals surface area contributed by atoms with E-state index in [0.717, 1.165) is 0 Å². The van der Waals surface area contributed by atoms with Gasteiger partial charge in [-0.25, -0.2) is 12.8 Å². The number of benzene rings is 1. The van der Waals surface area contributed by atoms with Gasteiger partial charge in [0.2, 0.25) is 0 Å². The molecule has 2 N–H and O–H groups in total. The number of sulfone groups is 1. The molecule has 0 radical (unpaired) electrons. The molecule has 0 amide bonds. The van der Waals surface area contributed by atoms with E-state index in [4.69, 9.17) is 10.2 Å². The summed E-state index contributed by atoms with van der Waals surface area (Å²) >= 11 is 0. The average Bonchev–Trinajstić information content (AvgIpc) is 2.92. The van der Waals surface area contributed by atoms with E-state index < -0.39 is 9.84 Å². The van der Waals surface area contributed by atoms with Crippen molar-refractivity contribution in [3.8, 4) is 0 Å². The van der Waals surface area contributed by atoms with Gasteiger partial charge in [-0.3, -0.25) is 0 Å². The van der Waals surface area contributed by atoms with Gasteiger partial charge in [0.15, 0.2) is 9.84 Å². The number of hydrogen-bond acceptors (Lipinski definition) is 4. The first-order chi connectivity index (χ1) is 9.43. The minimum Gasteiger partial charge on any atom is -0.459 e. The Morgan fingerprint density at radius 3 is 2.90 bits per heavy atom. The molecule has 1 aromatic carbocycles. The Labute approximate surface area is 116 Å². The molecule has 108 valence electrons. The van der Waals surface area contributed by atoms with Crippen molar-refractivity contribution in [3.05, 3.63) is 35.8 Å². The zero-order valence-corrected chi connectivity index (χ0v) is 11.7. The van der Waals surface area contributed by atoms with Gasteiger partial charge in [-0.05, 0) is 43.0 Å². The van der Waals surface area contributed by atoms with E-state index in [1.807, 2.05) is 0 Å². The fraction of sp³-hybridized carbons (Fsp3) is 0.429. The lowest BCUT2D eigenvalue weighted by atomic mass is 9.98. The second-order valence-corrected chi connectivity index (χ2v) is 7.67. The van der Waals surface area contributed by atoms with Crippen LogP contribution in [0.25, 0.3) is 11.0 Å². The maximum atomic E-state index is 13.1. The van der Waals surface area contributed by atoms with E-state index >= 15 is 0 Å². The fourth-order valence-corrected chi connectivity index (χ4v) is 4.63. The van der Waals surface area contributed by atoms with Crippen LogP contribution in [0.2, 0.25) is 0 Å². The highest BCUT2D eigenvalue weighted by molar-refractivity contribution is 7.91. The summed E-state index contributed by atoms with van der Waals surface area (Å²) < 4.78 is 41.6. The average molecular weight is 297 g/mol. The summed E-state index contributed by atoms with van der Waals surface area (Å²) in [6.45, 7) is 0. The SMILES string of the molecule is NC(CC1CCS(=O)(=O)C1)c1cc2cc(F)ccc2o1. The molecule has 1 aliphatic heterocycles. The maximum Gasteiger partial charge on any atom is 0.150 e. The molecular formula is C14H16FNO3S. The van der Waals surface area contributed by atoms with E-state index in [1.54, 1.807) is 12.1 Å². The highest BCUT2D eigenvalue weighted by Crippen LogP contribution is 2.30. The number of hydrogen-bond donors (Lipinski definition) is 1. The first-order valence-corrected chi connectivity index (χ1v) is 8.40. The molecule has 0 spiro atoms. The van der Waals surface area contributed by atoms with Crippen molar-refractivity contribution in [2.75, 3.05) is 11.5 Å². The van der Waals surface area contributed by atoms with Gasteiger partial charge in [0.05, 0.1) is 17.5 Å². The van der Waals surface area contributed by atoms with Crippen LogP contribution in [0.5, 0.6) is 0 Å². The number of rotatable bonds is 3. The second-order valence-electron chi connectivity index (χ2n) is 5.44. The van der Waals surface area contributed by atoms with Crippen LogP contribution < -0.4 is 5.73 Å². The molecule has 0 saturated carbocycles. The van der Waals surface area contributed by atoms with E-state index in [-0.39, 0.29) is 29.3 Å². The van der Waals surface area contributed by atoms with Crippen LogP contribution in [-0.4, -0.2) is 19.9 Å². The second kappa shape index (κ2) is 4.86. The van der Waals surface area contributed by atoms with Gasteiger partial charge >= 0.3 is 0 Å². The number of fused-ring (bicyclic) bond motifs is 1. The van der Waals surface area contributed by atoms with E-state index in [2.05, 4.69) is 0 Å². The Balaban J connectivity index is 1.77. The molecule has 0 aliphatic carbocycles. The van der Waals surface area contributed by atoms with Gasteiger partial charge < -0.3 is 10.2 Å². The third-order valence-electron chi connectivity index (χ3n) is 3.78. The number of halogens is 1. The van der Waals surface area contributed by atoms with Gasteiger partial charge in [-0.1, -0.05) is 0 Å². The van der Waals surface area contributed by atoms with Gasteiger partial charge in [-0.2, -0.15) is 0 Å². The third kappa shape index (κ3) is 2.71. The normalized spacial score (nSPS) is 23.2. The topological polar surface area (TPSA) is 73.3 Å². The minimum absolute atomic E-state index is 0.0833. The smallest absolute Gasteiger partial charge is 0.150 e. The minimum atomic E-state index is -2.89. The van der Waals surface area contributed by atoms with Crippen molar-refractivity contribution in [1.82, 2.24) is 0 Å². The zero-order chi connectivity index (χ0) is 14.3. The van der Waals surface area contributed by atoms with Crippen LogP contribution in [0.3, 0.4) is 0 Å². The summed E-state index contributed by atoms with van der Waals surface area (Å²) in [6, 6.07) is 5.68. The van der Waals surface area contributed by atoms with E-state index in [1.165, 1.54) is 12.1 Å². The van der Waals surface area contributed by atoms with E-state index in [9.17, 15) is 12.8 Å². The summed E-state index contributed by atoms with van der Waals surface area (Å²) in [5.41, 5.74) is 6.68. The fourth-order valence-electron chi connectivity index (χ4n) is 2.75. The molecule has 2 unspecified atom stereocenters. The molecule has 6 heteroatoms. The lowest BCUT2D eigenvalue weighted by molar-refractivity contribution is 0.419. The number of furan rings is 1. The zero-order valence-electron chi connectivity index (χ0n) is 10.9. The highest BCUT2D eigenvalue weighted by atomic mass is 32.2. The standard InChI is InChI=1S/C14H16FNO3S/c15-11-1-2-13-10(6-11)7-14(19-13)12(16)5-9-3-4-20(17,18)8-9/h1-2,6-7,9,12H,3-5,8,16H2.